The van der Waals surface area contributed by atoms with Gasteiger partial charge < -0.3 is 10.4 Å². The lowest BCUT2D eigenvalue weighted by Gasteiger charge is -2.16. The van der Waals surface area contributed by atoms with E-state index in [9.17, 15) is 19.5 Å². The van der Waals surface area contributed by atoms with Gasteiger partial charge in [0.15, 0.2) is 5.69 Å². The van der Waals surface area contributed by atoms with Crippen LogP contribution in [-0.4, -0.2) is 26.8 Å². The van der Waals surface area contributed by atoms with Gasteiger partial charge in [0, 0.05) is 11.9 Å². The predicted octanol–water partition coefficient (Wildman–Crippen LogP) is 2.28. The summed E-state index contributed by atoms with van der Waals surface area (Å²) in [5.41, 5.74) is 1.27. The molecular weight excluding hydrogens is 346 g/mol. The van der Waals surface area contributed by atoms with E-state index in [0.29, 0.717) is 6.54 Å². The van der Waals surface area contributed by atoms with Crippen LogP contribution in [0.25, 0.3) is 10.8 Å². The highest BCUT2D eigenvalue weighted by atomic mass is 16.4. The summed E-state index contributed by atoms with van der Waals surface area (Å²) in [7, 11) is 0. The number of carboxylic acids is 1. The van der Waals surface area contributed by atoms with Gasteiger partial charge in [-0.2, -0.15) is 5.10 Å². The van der Waals surface area contributed by atoms with E-state index < -0.39 is 23.5 Å². The third-order valence-corrected chi connectivity index (χ3v) is 4.36. The first-order valence-electron chi connectivity index (χ1n) is 8.46. The molecule has 3 aromatic rings. The van der Waals surface area contributed by atoms with Crippen LogP contribution < -0.4 is 10.9 Å². The quantitative estimate of drug-likeness (QED) is 0.722. The molecule has 2 aromatic carbocycles. The summed E-state index contributed by atoms with van der Waals surface area (Å²) in [5.74, 6) is -1.68. The van der Waals surface area contributed by atoms with Gasteiger partial charge in [0.05, 0.1) is 5.39 Å². The molecule has 0 saturated heterocycles. The number of hydrogen-bond donors (Lipinski definition) is 2. The largest absolute Gasteiger partial charge is 0.476 e. The maximum atomic E-state index is 12.7. The van der Waals surface area contributed by atoms with Gasteiger partial charge in [0.1, 0.15) is 6.04 Å². The number of aryl methyl sites for hydroxylation is 1. The Bertz CT molecular complexity index is 1070. The molecule has 1 aromatic heterocycles. The van der Waals surface area contributed by atoms with Crippen LogP contribution in [0, 0.1) is 6.92 Å². The summed E-state index contributed by atoms with van der Waals surface area (Å²) in [6, 6.07) is 13.1. The second-order valence-electron chi connectivity index (χ2n) is 6.33. The van der Waals surface area contributed by atoms with Gasteiger partial charge in [-0.15, -0.1) is 0 Å². The standard InChI is InChI=1S/C20H19N3O4/c1-12-7-9-14(10-8-12)11-21-18(24)13(2)23-19(25)16-6-4-3-5-15(16)17(22-23)20(26)27/h3-10,13H,11H2,1-2H3,(H,21,24)(H,26,27)/t13-/m0/s1. The van der Waals surface area contributed by atoms with Crippen molar-refractivity contribution in [2.75, 3.05) is 0 Å². The van der Waals surface area contributed by atoms with Crippen molar-refractivity contribution in [3.05, 3.63) is 75.7 Å². The highest BCUT2D eigenvalue weighted by Gasteiger charge is 2.22. The Morgan fingerprint density at radius 2 is 1.74 bits per heavy atom. The van der Waals surface area contributed by atoms with Crippen molar-refractivity contribution in [2.45, 2.75) is 26.4 Å². The van der Waals surface area contributed by atoms with E-state index in [2.05, 4.69) is 10.4 Å². The lowest BCUT2D eigenvalue weighted by atomic mass is 10.1. The van der Waals surface area contributed by atoms with Gasteiger partial charge in [-0.25, -0.2) is 9.48 Å². The van der Waals surface area contributed by atoms with Gasteiger partial charge in [0.2, 0.25) is 5.91 Å². The molecule has 0 fully saturated rings. The lowest BCUT2D eigenvalue weighted by Crippen LogP contribution is -2.37. The topological polar surface area (TPSA) is 101 Å². The average molecular weight is 365 g/mol. The van der Waals surface area contributed by atoms with E-state index >= 15 is 0 Å². The summed E-state index contributed by atoms with van der Waals surface area (Å²) in [5, 5.41) is 16.6. The zero-order valence-electron chi connectivity index (χ0n) is 15.0. The molecule has 7 heteroatoms. The molecule has 0 bridgehead atoms. The van der Waals surface area contributed by atoms with Crippen LogP contribution in [0.5, 0.6) is 0 Å². The van der Waals surface area contributed by atoms with Crippen LogP contribution in [0.1, 0.15) is 34.6 Å². The number of hydrogen-bond acceptors (Lipinski definition) is 4. The fraction of sp³-hybridized carbons (Fsp3) is 0.200. The van der Waals surface area contributed by atoms with Gasteiger partial charge >= 0.3 is 5.97 Å². The molecule has 3 rings (SSSR count). The fourth-order valence-corrected chi connectivity index (χ4v) is 2.78. The second-order valence-corrected chi connectivity index (χ2v) is 6.33. The van der Waals surface area contributed by atoms with Crippen molar-refractivity contribution in [1.82, 2.24) is 15.1 Å². The van der Waals surface area contributed by atoms with Gasteiger partial charge in [0.25, 0.3) is 5.56 Å². The van der Waals surface area contributed by atoms with Crippen molar-refractivity contribution in [1.29, 1.82) is 0 Å². The molecule has 1 amide bonds. The highest BCUT2D eigenvalue weighted by molar-refractivity contribution is 6.01. The van der Waals surface area contributed by atoms with Gasteiger partial charge in [-0.3, -0.25) is 9.59 Å². The zero-order chi connectivity index (χ0) is 19.6. The van der Waals surface area contributed by atoms with Crippen LogP contribution in [-0.2, 0) is 11.3 Å². The molecule has 27 heavy (non-hydrogen) atoms. The summed E-state index contributed by atoms with van der Waals surface area (Å²) in [6.45, 7) is 3.79. The number of nitrogens with zero attached hydrogens (tertiary/aromatic N) is 2. The van der Waals surface area contributed by atoms with Crippen LogP contribution >= 0.6 is 0 Å². The van der Waals surface area contributed by atoms with Crippen molar-refractivity contribution in [3.63, 3.8) is 0 Å². The minimum Gasteiger partial charge on any atom is -0.476 e. The fourth-order valence-electron chi connectivity index (χ4n) is 2.78. The van der Waals surface area contributed by atoms with E-state index in [0.717, 1.165) is 15.8 Å². The molecule has 0 aliphatic heterocycles. The third-order valence-electron chi connectivity index (χ3n) is 4.36. The normalized spacial score (nSPS) is 11.9. The molecule has 1 heterocycles. The average Bonchev–Trinajstić information content (AvgIpc) is 2.67. The molecule has 2 N–H and O–H groups in total. The number of fused-ring (bicyclic) bond motifs is 1. The SMILES string of the molecule is Cc1ccc(CNC(=O)[C@H](C)n2nc(C(=O)O)c3ccccc3c2=O)cc1. The minimum absolute atomic E-state index is 0.211. The van der Waals surface area contributed by atoms with Crippen molar-refractivity contribution in [3.8, 4) is 0 Å². The minimum atomic E-state index is -1.26. The predicted molar refractivity (Wildman–Crippen MR) is 101 cm³/mol. The highest BCUT2D eigenvalue weighted by Crippen LogP contribution is 2.15. The van der Waals surface area contributed by atoms with Crippen LogP contribution in [0.2, 0.25) is 0 Å². The maximum absolute atomic E-state index is 12.7. The summed E-state index contributed by atoms with van der Waals surface area (Å²) < 4.78 is 0.927. The van der Waals surface area contributed by atoms with Crippen LogP contribution in [0.15, 0.2) is 53.3 Å². The Balaban J connectivity index is 1.90. The first-order chi connectivity index (χ1) is 12.9. The third kappa shape index (κ3) is 3.72. The number of nitrogens with one attached hydrogen (secondary N) is 1. The zero-order valence-corrected chi connectivity index (χ0v) is 15.0. The van der Waals surface area contributed by atoms with Crippen LogP contribution in [0.3, 0.4) is 0 Å². The Hall–Kier alpha value is -3.48. The second kappa shape index (κ2) is 7.41. The molecule has 0 aliphatic rings. The van der Waals surface area contributed by atoms with Gasteiger partial charge in [-0.05, 0) is 25.5 Å². The van der Waals surface area contributed by atoms with Crippen molar-refractivity contribution in [2.24, 2.45) is 0 Å². The molecule has 138 valence electrons. The van der Waals surface area contributed by atoms with E-state index in [1.807, 2.05) is 31.2 Å². The van der Waals surface area contributed by atoms with Crippen LogP contribution in [0.4, 0.5) is 0 Å². The number of carboxylic acid groups (broad SMARTS) is 1. The number of carbonyl (C=O) groups excluding carboxylic acids is 1. The summed E-state index contributed by atoms with van der Waals surface area (Å²) in [4.78, 5) is 36.7. The summed E-state index contributed by atoms with van der Waals surface area (Å²) in [6.07, 6.45) is 0. The Morgan fingerprint density at radius 1 is 1.11 bits per heavy atom. The Kier molecular flexibility index (Phi) is 5.03. The lowest BCUT2D eigenvalue weighted by molar-refractivity contribution is -0.124. The molecule has 0 saturated carbocycles. The number of benzene rings is 2. The molecule has 0 spiro atoms. The van der Waals surface area contributed by atoms with E-state index in [4.69, 9.17) is 0 Å². The first-order valence-corrected chi connectivity index (χ1v) is 8.46. The molecule has 0 unspecified atom stereocenters. The van der Waals surface area contributed by atoms with E-state index in [1.54, 1.807) is 12.1 Å². The molecule has 1 atom stereocenters. The van der Waals surface area contributed by atoms with Gasteiger partial charge in [-0.1, -0.05) is 48.0 Å². The molecule has 0 aliphatic carbocycles. The maximum Gasteiger partial charge on any atom is 0.357 e. The smallest absolute Gasteiger partial charge is 0.357 e. The number of aromatic carboxylic acids is 1. The number of amides is 1. The van der Waals surface area contributed by atoms with E-state index in [-0.39, 0.29) is 16.5 Å². The van der Waals surface area contributed by atoms with Crippen molar-refractivity contribution >= 4 is 22.6 Å². The number of rotatable bonds is 5. The molecular formula is C20H19N3O4. The summed E-state index contributed by atoms with van der Waals surface area (Å²) >= 11 is 0. The molecule has 0 radical (unpaired) electrons. The Morgan fingerprint density at radius 3 is 2.37 bits per heavy atom. The molecule has 7 nitrogen and oxygen atoms in total. The Labute approximate surface area is 155 Å². The number of aromatic nitrogens is 2. The van der Waals surface area contributed by atoms with Crippen molar-refractivity contribution < 1.29 is 14.7 Å². The monoisotopic (exact) mass is 365 g/mol. The number of carbonyl (C=O) groups is 2. The van der Waals surface area contributed by atoms with E-state index in [1.165, 1.54) is 19.1 Å². The first kappa shape index (κ1) is 18.3.